The molecule has 0 unspecified atom stereocenters. The van der Waals surface area contributed by atoms with E-state index in [1.165, 1.54) is 6.92 Å². The highest BCUT2D eigenvalue weighted by atomic mass is 16.7. The zero-order valence-corrected chi connectivity index (χ0v) is 38.9. The van der Waals surface area contributed by atoms with Crippen LogP contribution >= 0.6 is 0 Å². The van der Waals surface area contributed by atoms with Crippen LogP contribution in [0.4, 0.5) is 0 Å². The van der Waals surface area contributed by atoms with Gasteiger partial charge in [0.1, 0.15) is 23.9 Å². The smallest absolute Gasteiger partial charge is 0.338 e. The number of esters is 2. The van der Waals surface area contributed by atoms with Crippen LogP contribution in [0.1, 0.15) is 97.5 Å². The second kappa shape index (κ2) is 21.7. The van der Waals surface area contributed by atoms with Crippen molar-refractivity contribution in [1.29, 1.82) is 0 Å². The van der Waals surface area contributed by atoms with Crippen molar-refractivity contribution in [2.75, 3.05) is 27.3 Å². The van der Waals surface area contributed by atoms with Crippen LogP contribution in [0.15, 0.2) is 83.4 Å². The molecule has 2 aromatic rings. The monoisotopic (exact) mass is 874 g/mol. The lowest BCUT2D eigenvalue weighted by Crippen LogP contribution is -2.61. The number of amides is 1. The molecule has 5 rings (SSSR count). The molecule has 3 saturated heterocycles. The molecule has 2 N–H and O–H groups in total. The Balaban J connectivity index is 1.77. The Morgan fingerprint density at radius 2 is 1.62 bits per heavy atom. The number of nitrogens with zero attached hydrogens (tertiary/aromatic N) is 2. The lowest BCUT2D eigenvalue weighted by Gasteiger charge is -2.49. The quantitative estimate of drug-likeness (QED) is 0.266. The molecule has 0 aromatic heterocycles. The number of aliphatic hydroxyl groups is 2. The normalized spacial score (nSPS) is 37.5. The number of aliphatic hydroxyl groups excluding tert-OH is 1. The predicted octanol–water partition coefficient (Wildman–Crippen LogP) is 6.85. The largest absolute Gasteiger partial charge is 0.459 e. The van der Waals surface area contributed by atoms with Crippen molar-refractivity contribution < 1.29 is 53.0 Å². The third-order valence-corrected chi connectivity index (χ3v) is 13.0. The number of ether oxygens (including phenoxy) is 6. The summed E-state index contributed by atoms with van der Waals surface area (Å²) in [5, 5.41) is 24.6. The molecule has 3 aliphatic rings. The van der Waals surface area contributed by atoms with Crippen LogP contribution in [0.25, 0.3) is 6.08 Å². The molecule has 2 bridgehead atoms. The van der Waals surface area contributed by atoms with E-state index in [4.69, 9.17) is 28.4 Å². The van der Waals surface area contributed by atoms with Gasteiger partial charge in [-0.05, 0) is 90.2 Å². The molecule has 14 atom stereocenters. The van der Waals surface area contributed by atoms with E-state index in [0.717, 1.165) is 5.56 Å². The van der Waals surface area contributed by atoms with Gasteiger partial charge in [-0.2, -0.15) is 0 Å². The molecule has 3 heterocycles. The van der Waals surface area contributed by atoms with E-state index in [-0.39, 0.29) is 43.8 Å². The third kappa shape index (κ3) is 12.2. The van der Waals surface area contributed by atoms with Crippen molar-refractivity contribution in [3.63, 3.8) is 0 Å². The number of hydrogen-bond acceptors (Lipinski definition) is 12. The zero-order chi connectivity index (χ0) is 46.2. The van der Waals surface area contributed by atoms with E-state index in [1.807, 2.05) is 102 Å². The van der Waals surface area contributed by atoms with Crippen LogP contribution in [0.2, 0.25) is 0 Å². The molecule has 0 spiro atoms. The Hall–Kier alpha value is -4.08. The summed E-state index contributed by atoms with van der Waals surface area (Å²) in [6, 6.07) is 18.0. The Morgan fingerprint density at radius 3 is 2.24 bits per heavy atom. The summed E-state index contributed by atoms with van der Waals surface area (Å²) in [5.41, 5.74) is -0.699. The number of carbonyl (C=O) groups excluding carboxylic acids is 3. The molecule has 13 nitrogen and oxygen atoms in total. The minimum atomic E-state index is -1.81. The van der Waals surface area contributed by atoms with Gasteiger partial charge in [0.25, 0.3) is 0 Å². The topological polar surface area (TPSA) is 163 Å². The second-order valence-electron chi connectivity index (χ2n) is 18.4. The van der Waals surface area contributed by atoms with E-state index in [9.17, 15) is 24.6 Å². The van der Waals surface area contributed by atoms with E-state index < -0.39 is 89.5 Å². The van der Waals surface area contributed by atoms with Crippen molar-refractivity contribution in [2.45, 2.75) is 142 Å². The highest BCUT2D eigenvalue weighted by Crippen LogP contribution is 2.42. The standard InChI is InChI=1S/C50H70N2O11/c1-12-40-50(9,57)45-32(4)41(51-35(7)53)30(2)27-49(8,59-29-37(28-58-45)23-19-22-36-20-15-13-16-21-36)44(63-48-42(54)39(52(10)11)26-31(3)60-48)33(5)43(34(6)46(55)61-40)62-47(56)38-24-17-14-18-25-38/h13-25,30-34,39-40,42-45,48,54,57H,12,26-29H2,1-11H3/b22-19-,37-23-,51-41?/t30-,31-,32-,33+,34-,39+,40+,42-,43+,44-,45+,48+,49-,50-/m1/s1. The number of likely N-dealkylation sites (N-methyl/N-ethyl adjacent to an activating group) is 1. The Morgan fingerprint density at radius 1 is 0.968 bits per heavy atom. The van der Waals surface area contributed by atoms with E-state index in [1.54, 1.807) is 51.1 Å². The van der Waals surface area contributed by atoms with Crippen LogP contribution in [-0.2, 0) is 38.0 Å². The van der Waals surface area contributed by atoms with Gasteiger partial charge in [-0.3, -0.25) is 9.59 Å². The number of carbonyl (C=O) groups is 3. The average molecular weight is 875 g/mol. The van der Waals surface area contributed by atoms with Gasteiger partial charge >= 0.3 is 11.9 Å². The molecule has 1 amide bonds. The van der Waals surface area contributed by atoms with Crippen molar-refractivity contribution >= 4 is 29.6 Å². The summed E-state index contributed by atoms with van der Waals surface area (Å²) in [5.74, 6) is -4.90. The van der Waals surface area contributed by atoms with Gasteiger partial charge in [0.15, 0.2) is 6.29 Å². The Bertz CT molecular complexity index is 1930. The lowest BCUT2D eigenvalue weighted by molar-refractivity contribution is -0.302. The van der Waals surface area contributed by atoms with Gasteiger partial charge in [0, 0.05) is 30.5 Å². The second-order valence-corrected chi connectivity index (χ2v) is 18.4. The molecule has 0 radical (unpaired) electrons. The predicted molar refractivity (Wildman–Crippen MR) is 241 cm³/mol. The number of fused-ring (bicyclic) bond motifs is 5. The van der Waals surface area contributed by atoms with Gasteiger partial charge in [-0.15, -0.1) is 0 Å². The van der Waals surface area contributed by atoms with Gasteiger partial charge in [-0.1, -0.05) is 94.5 Å². The maximum atomic E-state index is 14.6. The van der Waals surface area contributed by atoms with Crippen LogP contribution in [-0.4, -0.2) is 126 Å². The van der Waals surface area contributed by atoms with Crippen molar-refractivity contribution in [3.05, 3.63) is 89.5 Å². The van der Waals surface area contributed by atoms with Crippen LogP contribution < -0.4 is 0 Å². The molecular weight excluding hydrogens is 805 g/mol. The highest BCUT2D eigenvalue weighted by Gasteiger charge is 2.54. The highest BCUT2D eigenvalue weighted by molar-refractivity contribution is 5.98. The van der Waals surface area contributed by atoms with Crippen molar-refractivity contribution in [1.82, 2.24) is 4.90 Å². The molecule has 3 aliphatic heterocycles. The molecule has 2 aromatic carbocycles. The van der Waals surface area contributed by atoms with Crippen LogP contribution in [0.3, 0.4) is 0 Å². The van der Waals surface area contributed by atoms with Crippen molar-refractivity contribution in [2.24, 2.45) is 28.7 Å². The van der Waals surface area contributed by atoms with E-state index in [2.05, 4.69) is 4.99 Å². The molecule has 63 heavy (non-hydrogen) atoms. The Labute approximate surface area is 373 Å². The number of rotatable bonds is 8. The average Bonchev–Trinajstić information content (AvgIpc) is 3.26. The summed E-state index contributed by atoms with van der Waals surface area (Å²) in [6.45, 7) is 15.9. The van der Waals surface area contributed by atoms with Crippen molar-refractivity contribution in [3.8, 4) is 0 Å². The first kappa shape index (κ1) is 49.9. The zero-order valence-electron chi connectivity index (χ0n) is 38.9. The summed E-state index contributed by atoms with van der Waals surface area (Å²) >= 11 is 0. The number of hydrogen-bond donors (Lipinski definition) is 2. The number of cyclic esters (lactones) is 1. The molecule has 0 saturated carbocycles. The lowest BCUT2D eigenvalue weighted by atomic mass is 9.73. The summed E-state index contributed by atoms with van der Waals surface area (Å²) < 4.78 is 40.0. The van der Waals surface area contributed by atoms with E-state index in [0.29, 0.717) is 17.7 Å². The molecule has 13 heteroatoms. The maximum absolute atomic E-state index is 14.6. The molecule has 346 valence electrons. The van der Waals surface area contributed by atoms with Gasteiger partial charge in [-0.25, -0.2) is 9.79 Å². The summed E-state index contributed by atoms with van der Waals surface area (Å²) in [6.07, 6.45) is -0.175. The molecular formula is C50H70N2O11. The fourth-order valence-corrected chi connectivity index (χ4v) is 9.65. The summed E-state index contributed by atoms with van der Waals surface area (Å²) in [7, 11) is 3.78. The maximum Gasteiger partial charge on any atom is 0.338 e. The van der Waals surface area contributed by atoms with Crippen LogP contribution in [0.5, 0.6) is 0 Å². The van der Waals surface area contributed by atoms with Gasteiger partial charge < -0.3 is 43.5 Å². The first-order valence-electron chi connectivity index (χ1n) is 22.4. The fraction of sp³-hybridized carbons (Fsp3) is 0.600. The Kier molecular flexibility index (Phi) is 17.2. The third-order valence-electron chi connectivity index (χ3n) is 13.0. The number of aliphatic imine (C=N–C) groups is 1. The van der Waals surface area contributed by atoms with Gasteiger partial charge in [0.05, 0.1) is 48.6 Å². The fourth-order valence-electron chi connectivity index (χ4n) is 9.65. The first-order chi connectivity index (χ1) is 29.8. The molecule has 0 aliphatic carbocycles. The number of benzene rings is 2. The van der Waals surface area contributed by atoms with E-state index >= 15 is 0 Å². The summed E-state index contributed by atoms with van der Waals surface area (Å²) in [4.78, 5) is 48.1. The van der Waals surface area contributed by atoms with Crippen LogP contribution in [0, 0.1) is 23.7 Å². The first-order valence-corrected chi connectivity index (χ1v) is 22.4. The minimum Gasteiger partial charge on any atom is -0.459 e. The minimum absolute atomic E-state index is 0.00620. The van der Waals surface area contributed by atoms with Gasteiger partial charge in [0.2, 0.25) is 5.91 Å². The SMILES string of the molecule is CC[C@@H]1OC(=O)[C@H](C)[C@@H](OC(=O)c2ccccc2)[C@H](C)[C@@H](O[C@@H]2O[C@H](C)C[C@H](N(C)C)[C@H]2O)[C@@]2(C)C[C@@H](C)C(=NC(C)=O)[C@@H](C)[C@H](OC/C(=C/C=C\c3ccccc3)CO2)[C@]1(C)O. The number of allylic oxidation sites excluding steroid dienone is 2. The molecule has 3 fully saturated rings.